The SMILES string of the molecule is C.Cc1ccc(O)cc1.F.F.F.On1nnc2ccccc21. The molecule has 124 valence electrons. The van der Waals surface area contributed by atoms with E-state index in [4.69, 9.17) is 10.3 Å². The number of hydrogen-bond donors (Lipinski definition) is 2. The minimum absolute atomic E-state index is 0. The Morgan fingerprint density at radius 3 is 1.95 bits per heavy atom. The number of nitrogens with zero attached hydrogens (tertiary/aromatic N) is 3. The van der Waals surface area contributed by atoms with Gasteiger partial charge in [0.2, 0.25) is 0 Å². The second-order valence-corrected chi connectivity index (χ2v) is 3.80. The molecule has 3 rings (SSSR count). The van der Waals surface area contributed by atoms with Gasteiger partial charge in [-0.3, -0.25) is 14.1 Å². The van der Waals surface area contributed by atoms with Crippen LogP contribution in [0.4, 0.5) is 14.1 Å². The van der Waals surface area contributed by atoms with Crippen molar-refractivity contribution >= 4 is 11.0 Å². The van der Waals surface area contributed by atoms with Crippen LogP contribution in [0.15, 0.2) is 48.5 Å². The Morgan fingerprint density at radius 1 is 0.909 bits per heavy atom. The smallest absolute Gasteiger partial charge is 0.130 e. The molecule has 0 aliphatic heterocycles. The molecular weight excluding hydrogens is 299 g/mol. The molecule has 1 heterocycles. The van der Waals surface area contributed by atoms with Crippen molar-refractivity contribution in [2.45, 2.75) is 14.4 Å². The van der Waals surface area contributed by atoms with E-state index >= 15 is 0 Å². The van der Waals surface area contributed by atoms with E-state index in [1.54, 1.807) is 24.3 Å². The van der Waals surface area contributed by atoms with Crippen molar-refractivity contribution in [3.05, 3.63) is 54.1 Å². The molecule has 0 saturated heterocycles. The normalized spacial score (nSPS) is 8.05. The van der Waals surface area contributed by atoms with Crippen LogP contribution in [0.3, 0.4) is 0 Å². The van der Waals surface area contributed by atoms with Gasteiger partial charge in [-0.25, -0.2) is 0 Å². The summed E-state index contributed by atoms with van der Waals surface area (Å²) in [7, 11) is 0. The highest BCUT2D eigenvalue weighted by molar-refractivity contribution is 5.73. The van der Waals surface area contributed by atoms with Crippen LogP contribution < -0.4 is 0 Å². The van der Waals surface area contributed by atoms with Gasteiger partial charge in [0.15, 0.2) is 0 Å². The number of fused-ring (bicyclic) bond motifs is 1. The minimum atomic E-state index is 0. The van der Waals surface area contributed by atoms with Crippen LogP contribution in [0.1, 0.15) is 13.0 Å². The summed E-state index contributed by atoms with van der Waals surface area (Å²) in [5.74, 6) is 0.329. The average Bonchev–Trinajstić information content (AvgIpc) is 2.76. The first-order valence-electron chi connectivity index (χ1n) is 5.42. The second-order valence-electron chi connectivity index (χ2n) is 3.80. The Bertz CT molecular complexity index is 624. The molecular formula is C14H20F3N3O2. The molecule has 0 bridgehead atoms. The summed E-state index contributed by atoms with van der Waals surface area (Å²) in [4.78, 5) is 0.759. The van der Waals surface area contributed by atoms with E-state index < -0.39 is 0 Å². The molecule has 0 spiro atoms. The molecule has 0 aliphatic rings. The number of phenols is 1. The summed E-state index contributed by atoms with van der Waals surface area (Å²) >= 11 is 0. The maximum absolute atomic E-state index is 8.95. The summed E-state index contributed by atoms with van der Waals surface area (Å²) in [6.45, 7) is 1.99. The predicted molar refractivity (Wildman–Crippen MR) is 81.8 cm³/mol. The van der Waals surface area contributed by atoms with Gasteiger partial charge < -0.3 is 10.3 Å². The first kappa shape index (κ1) is 24.3. The molecule has 0 amide bonds. The van der Waals surface area contributed by atoms with E-state index in [-0.39, 0.29) is 21.5 Å². The highest BCUT2D eigenvalue weighted by Gasteiger charge is 1.98. The van der Waals surface area contributed by atoms with Crippen molar-refractivity contribution in [3.63, 3.8) is 0 Å². The first-order chi connectivity index (χ1) is 8.66. The van der Waals surface area contributed by atoms with E-state index in [1.165, 1.54) is 5.56 Å². The number of para-hydroxylation sites is 1. The Labute approximate surface area is 125 Å². The monoisotopic (exact) mass is 319 g/mol. The van der Waals surface area contributed by atoms with Crippen molar-refractivity contribution in [1.29, 1.82) is 0 Å². The summed E-state index contributed by atoms with van der Waals surface area (Å²) in [5.41, 5.74) is 2.50. The summed E-state index contributed by atoms with van der Waals surface area (Å²) in [5, 5.41) is 24.8. The Balaban J connectivity index is -0.000000283. The minimum Gasteiger partial charge on any atom is -0.508 e. The van der Waals surface area contributed by atoms with Crippen LogP contribution in [0.5, 0.6) is 5.75 Å². The third-order valence-corrected chi connectivity index (χ3v) is 2.37. The fraction of sp³-hybridized carbons (Fsp3) is 0.143. The van der Waals surface area contributed by atoms with Gasteiger partial charge in [0.05, 0.1) is 0 Å². The molecule has 0 unspecified atom stereocenters. The third-order valence-electron chi connectivity index (χ3n) is 2.37. The van der Waals surface area contributed by atoms with Crippen LogP contribution in [0, 0.1) is 6.92 Å². The molecule has 0 saturated carbocycles. The molecule has 3 aromatic rings. The van der Waals surface area contributed by atoms with E-state index in [0.29, 0.717) is 16.8 Å². The number of aromatic hydroxyl groups is 1. The van der Waals surface area contributed by atoms with Gasteiger partial charge >= 0.3 is 0 Å². The highest BCUT2D eigenvalue weighted by Crippen LogP contribution is 2.07. The van der Waals surface area contributed by atoms with Crippen molar-refractivity contribution in [1.82, 2.24) is 15.2 Å². The van der Waals surface area contributed by atoms with E-state index in [1.807, 2.05) is 31.2 Å². The van der Waals surface area contributed by atoms with Crippen molar-refractivity contribution in [3.8, 4) is 5.75 Å². The molecule has 8 heteroatoms. The molecule has 0 fully saturated rings. The molecule has 2 aromatic carbocycles. The maximum Gasteiger partial charge on any atom is 0.130 e. The zero-order valence-electron chi connectivity index (χ0n) is 11.1. The predicted octanol–water partition coefficient (Wildman–Crippen LogP) is 3.46. The number of halogens is 3. The van der Waals surface area contributed by atoms with Gasteiger partial charge in [0.25, 0.3) is 0 Å². The molecule has 22 heavy (non-hydrogen) atoms. The molecule has 0 atom stereocenters. The van der Waals surface area contributed by atoms with Gasteiger partial charge in [-0.05, 0) is 36.4 Å². The summed E-state index contributed by atoms with van der Waals surface area (Å²) in [6, 6.07) is 14.3. The quantitative estimate of drug-likeness (QED) is 0.623. The number of aryl methyl sites for hydroxylation is 1. The summed E-state index contributed by atoms with van der Waals surface area (Å²) < 4.78 is 0. The van der Waals surface area contributed by atoms with Crippen LogP contribution >= 0.6 is 0 Å². The standard InChI is InChI=1S/C7H8O.C6H5N3O.CH4.3FH/c1-6-2-4-7(8)5-3-6;10-9-6-4-2-1-3-5(6)7-8-9;;;;/h2-5,8H,1H3;1-4,10H;1H4;3*1H. The number of phenolic OH excluding ortho intramolecular Hbond substituents is 1. The maximum atomic E-state index is 8.95. The molecule has 2 N–H and O–H groups in total. The fourth-order valence-corrected chi connectivity index (χ4v) is 1.40. The Hall–Kier alpha value is -2.77. The first-order valence-corrected chi connectivity index (χ1v) is 5.42. The topological polar surface area (TPSA) is 71.2 Å². The zero-order valence-corrected chi connectivity index (χ0v) is 11.1. The highest BCUT2D eigenvalue weighted by atomic mass is 19.0. The van der Waals surface area contributed by atoms with Gasteiger partial charge in [0.1, 0.15) is 16.8 Å². The van der Waals surface area contributed by atoms with Crippen LogP contribution in [0.25, 0.3) is 11.0 Å². The van der Waals surface area contributed by atoms with Gasteiger partial charge in [-0.15, -0.1) is 5.10 Å². The van der Waals surface area contributed by atoms with Crippen molar-refractivity contribution in [2.75, 3.05) is 0 Å². The number of hydrogen-bond acceptors (Lipinski definition) is 4. The van der Waals surface area contributed by atoms with Crippen molar-refractivity contribution in [2.24, 2.45) is 0 Å². The molecule has 5 nitrogen and oxygen atoms in total. The van der Waals surface area contributed by atoms with E-state index in [2.05, 4.69) is 10.3 Å². The van der Waals surface area contributed by atoms with Crippen molar-refractivity contribution < 1.29 is 24.4 Å². The summed E-state index contributed by atoms with van der Waals surface area (Å²) in [6.07, 6.45) is 0. The largest absolute Gasteiger partial charge is 0.508 e. The third kappa shape index (κ3) is 6.12. The van der Waals surface area contributed by atoms with E-state index in [0.717, 1.165) is 4.85 Å². The van der Waals surface area contributed by atoms with Gasteiger partial charge in [-0.1, -0.05) is 42.1 Å². The lowest BCUT2D eigenvalue weighted by Gasteiger charge is -1.89. The lowest BCUT2D eigenvalue weighted by atomic mass is 10.2. The lowest BCUT2D eigenvalue weighted by Crippen LogP contribution is -1.90. The molecule has 1 aromatic heterocycles. The number of aromatic nitrogens is 3. The fourth-order valence-electron chi connectivity index (χ4n) is 1.40. The second kappa shape index (κ2) is 11.0. The van der Waals surface area contributed by atoms with Gasteiger partial charge in [-0.2, -0.15) is 0 Å². The lowest BCUT2D eigenvalue weighted by molar-refractivity contribution is 0.155. The zero-order chi connectivity index (χ0) is 13.0. The molecule has 0 aliphatic carbocycles. The Morgan fingerprint density at radius 2 is 1.45 bits per heavy atom. The Kier molecular flexibility index (Phi) is 12.1. The number of benzene rings is 2. The van der Waals surface area contributed by atoms with Crippen LogP contribution in [-0.2, 0) is 0 Å². The van der Waals surface area contributed by atoms with Crippen LogP contribution in [-0.4, -0.2) is 25.5 Å². The van der Waals surface area contributed by atoms with Gasteiger partial charge in [0, 0.05) is 0 Å². The average molecular weight is 319 g/mol. The number of rotatable bonds is 0. The molecule has 0 radical (unpaired) electrons. The van der Waals surface area contributed by atoms with E-state index in [9.17, 15) is 0 Å². The van der Waals surface area contributed by atoms with Crippen LogP contribution in [0.2, 0.25) is 0 Å².